The maximum Gasteiger partial charge on any atom is 0.471 e. The van der Waals surface area contributed by atoms with Crippen LogP contribution in [-0.4, -0.2) is 72.0 Å². The Morgan fingerprint density at radius 2 is 1.44 bits per heavy atom. The lowest BCUT2D eigenvalue weighted by Gasteiger charge is -2.23. The summed E-state index contributed by atoms with van der Waals surface area (Å²) in [4.78, 5) is 58.9. The van der Waals surface area contributed by atoms with Gasteiger partial charge in [-0.15, -0.1) is 0 Å². The molecule has 1 aromatic rings. The van der Waals surface area contributed by atoms with Crippen LogP contribution in [0.25, 0.3) is 0 Å². The Balaban J connectivity index is 2.81. The van der Waals surface area contributed by atoms with Gasteiger partial charge in [0.25, 0.3) is 0 Å². The monoisotopic (exact) mass is 520 g/mol. The van der Waals surface area contributed by atoms with Crippen LogP contribution >= 0.6 is 0 Å². The summed E-state index contributed by atoms with van der Waals surface area (Å²) in [7, 11) is 0. The van der Waals surface area contributed by atoms with Gasteiger partial charge in [0.05, 0.1) is 0 Å². The number of carboxylic acid groups (broad SMARTS) is 1. The normalized spacial score (nSPS) is 12.9. The van der Waals surface area contributed by atoms with Gasteiger partial charge in [-0.2, -0.15) is 13.2 Å². The third-order valence-corrected chi connectivity index (χ3v) is 4.02. The van der Waals surface area contributed by atoms with Gasteiger partial charge < -0.3 is 35.8 Å². The van der Waals surface area contributed by atoms with Crippen molar-refractivity contribution in [1.82, 2.24) is 21.3 Å². The molecule has 2 atom stereocenters. The van der Waals surface area contributed by atoms with E-state index in [1.54, 1.807) is 30.3 Å². The number of carbonyl (C=O) groups is 5. The largest absolute Gasteiger partial charge is 0.480 e. The van der Waals surface area contributed by atoms with Crippen molar-refractivity contribution in [2.24, 2.45) is 0 Å². The second kappa shape index (κ2) is 13.2. The van der Waals surface area contributed by atoms with E-state index in [9.17, 15) is 42.3 Å². The molecule has 12 nitrogen and oxygen atoms in total. The van der Waals surface area contributed by atoms with Crippen molar-refractivity contribution in [3.8, 4) is 0 Å². The van der Waals surface area contributed by atoms with Crippen LogP contribution in [-0.2, 0) is 30.5 Å². The van der Waals surface area contributed by atoms with Gasteiger partial charge in [0.2, 0.25) is 5.91 Å². The number of carboxylic acids is 1. The lowest BCUT2D eigenvalue weighted by Crippen LogP contribution is -2.56. The van der Waals surface area contributed by atoms with Crippen molar-refractivity contribution < 1.29 is 51.7 Å². The van der Waals surface area contributed by atoms with Gasteiger partial charge in [-0.05, 0) is 26.3 Å². The first kappa shape index (κ1) is 30.0. The Kier molecular flexibility index (Phi) is 11.0. The number of hydrogen-bond acceptors (Lipinski definition) is 7. The van der Waals surface area contributed by atoms with Gasteiger partial charge in [-0.3, -0.25) is 9.59 Å². The van der Waals surface area contributed by atoms with Gasteiger partial charge in [0, 0.05) is 13.1 Å². The first-order valence-electron chi connectivity index (χ1n) is 10.4. The summed E-state index contributed by atoms with van der Waals surface area (Å²) in [5.41, 5.74) is -0.362. The minimum Gasteiger partial charge on any atom is -0.480 e. The van der Waals surface area contributed by atoms with E-state index >= 15 is 0 Å². The second-order valence-corrected chi connectivity index (χ2v) is 8.25. The molecule has 1 aromatic carbocycles. The molecule has 0 saturated carbocycles. The predicted octanol–water partition coefficient (Wildman–Crippen LogP) is 1.05. The summed E-state index contributed by atoms with van der Waals surface area (Å²) < 4.78 is 47.4. The fraction of sp³-hybridized carbons (Fsp3) is 0.476. The SMILES string of the molecule is CC(C)(C)OC(=O)N[C@@H](CNC(=O)[C@H](CNC(=O)C(F)(F)F)NC(=O)OCc1ccccc1)C(=O)O. The van der Waals surface area contributed by atoms with Gasteiger partial charge >= 0.3 is 30.2 Å². The molecule has 15 heteroatoms. The molecule has 0 spiro atoms. The van der Waals surface area contributed by atoms with E-state index in [1.807, 2.05) is 10.6 Å². The van der Waals surface area contributed by atoms with Gasteiger partial charge in [0.15, 0.2) is 0 Å². The smallest absolute Gasteiger partial charge is 0.471 e. The van der Waals surface area contributed by atoms with Crippen molar-refractivity contribution >= 4 is 30.0 Å². The maximum absolute atomic E-state index is 12.5. The molecular weight excluding hydrogens is 493 g/mol. The first-order valence-corrected chi connectivity index (χ1v) is 10.4. The molecule has 0 fully saturated rings. The Hall–Kier alpha value is -4.04. The number of aliphatic carboxylic acids is 1. The average molecular weight is 520 g/mol. The standard InChI is InChI=1S/C21H27F3N4O8/c1-20(2,3)36-19(34)28-14(16(30)31)10-25-15(29)13(9-26-17(32)21(22,23)24)27-18(33)35-11-12-7-5-4-6-8-12/h4-8,13-14H,9-11H2,1-3H3,(H,25,29)(H,26,32)(H,27,33)(H,28,34)(H,30,31)/t13-,14-/m0/s1. The van der Waals surface area contributed by atoms with Gasteiger partial charge in [-0.25, -0.2) is 14.4 Å². The third kappa shape index (κ3) is 11.9. The molecule has 0 heterocycles. The van der Waals surface area contributed by atoms with Crippen LogP contribution in [0.1, 0.15) is 26.3 Å². The summed E-state index contributed by atoms with van der Waals surface area (Å²) in [5.74, 6) is -5.08. The van der Waals surface area contributed by atoms with E-state index in [0.29, 0.717) is 5.56 Å². The molecule has 0 aromatic heterocycles. The number of ether oxygens (including phenoxy) is 2. The summed E-state index contributed by atoms with van der Waals surface area (Å²) >= 11 is 0. The highest BCUT2D eigenvalue weighted by Crippen LogP contribution is 2.14. The van der Waals surface area contributed by atoms with Crippen molar-refractivity contribution in [3.63, 3.8) is 0 Å². The number of rotatable bonds is 10. The Morgan fingerprint density at radius 1 is 0.889 bits per heavy atom. The van der Waals surface area contributed by atoms with Gasteiger partial charge in [-0.1, -0.05) is 30.3 Å². The minimum atomic E-state index is -5.25. The highest BCUT2D eigenvalue weighted by Gasteiger charge is 2.39. The van der Waals surface area contributed by atoms with Crippen LogP contribution in [0.3, 0.4) is 0 Å². The lowest BCUT2D eigenvalue weighted by atomic mass is 10.2. The van der Waals surface area contributed by atoms with Crippen LogP contribution in [0.5, 0.6) is 0 Å². The molecule has 0 radical (unpaired) electrons. The Morgan fingerprint density at radius 3 is 1.97 bits per heavy atom. The number of hydrogen-bond donors (Lipinski definition) is 5. The van der Waals surface area contributed by atoms with Crippen LogP contribution in [0, 0.1) is 0 Å². The summed E-state index contributed by atoms with van der Waals surface area (Å²) in [6.07, 6.45) is -7.54. The fourth-order valence-corrected chi connectivity index (χ4v) is 2.39. The highest BCUT2D eigenvalue weighted by atomic mass is 19.4. The van der Waals surface area contributed by atoms with E-state index in [2.05, 4.69) is 5.32 Å². The molecule has 36 heavy (non-hydrogen) atoms. The lowest BCUT2D eigenvalue weighted by molar-refractivity contribution is -0.173. The van der Waals surface area contributed by atoms with E-state index in [1.165, 1.54) is 26.1 Å². The van der Waals surface area contributed by atoms with E-state index in [-0.39, 0.29) is 6.61 Å². The van der Waals surface area contributed by atoms with Crippen LogP contribution in [0.4, 0.5) is 22.8 Å². The molecule has 0 aliphatic carbocycles. The molecule has 200 valence electrons. The molecular formula is C21H27F3N4O8. The molecule has 5 N–H and O–H groups in total. The van der Waals surface area contributed by atoms with Crippen molar-refractivity contribution in [1.29, 1.82) is 0 Å². The zero-order valence-corrected chi connectivity index (χ0v) is 19.6. The topological polar surface area (TPSA) is 172 Å². The number of carbonyl (C=O) groups excluding carboxylic acids is 4. The fourth-order valence-electron chi connectivity index (χ4n) is 2.39. The second-order valence-electron chi connectivity index (χ2n) is 8.25. The third-order valence-electron chi connectivity index (χ3n) is 4.02. The summed E-state index contributed by atoms with van der Waals surface area (Å²) in [6.45, 7) is 2.65. The van der Waals surface area contributed by atoms with Crippen LogP contribution in [0.2, 0.25) is 0 Å². The average Bonchev–Trinajstić information content (AvgIpc) is 2.76. The Labute approximate surface area is 203 Å². The number of alkyl halides is 3. The molecule has 0 unspecified atom stereocenters. The van der Waals surface area contributed by atoms with E-state index < -0.39 is 66.9 Å². The molecule has 1 rings (SSSR count). The molecule has 0 bridgehead atoms. The zero-order chi connectivity index (χ0) is 27.5. The number of benzene rings is 1. The van der Waals surface area contributed by atoms with Crippen molar-refractivity contribution in [2.45, 2.75) is 51.2 Å². The number of nitrogens with one attached hydrogen (secondary N) is 4. The zero-order valence-electron chi connectivity index (χ0n) is 19.6. The summed E-state index contributed by atoms with van der Waals surface area (Å²) in [6, 6.07) is 4.85. The van der Waals surface area contributed by atoms with Gasteiger partial charge in [0.1, 0.15) is 24.3 Å². The molecule has 0 aliphatic heterocycles. The highest BCUT2D eigenvalue weighted by molar-refractivity contribution is 5.88. The van der Waals surface area contributed by atoms with Crippen molar-refractivity contribution in [2.75, 3.05) is 13.1 Å². The molecule has 0 saturated heterocycles. The van der Waals surface area contributed by atoms with Crippen LogP contribution in [0.15, 0.2) is 30.3 Å². The number of amides is 4. The summed E-state index contributed by atoms with van der Waals surface area (Å²) in [5, 5.41) is 16.8. The number of halogens is 3. The quantitative estimate of drug-likeness (QED) is 0.305. The molecule has 4 amide bonds. The predicted molar refractivity (Wildman–Crippen MR) is 116 cm³/mol. The molecule has 0 aliphatic rings. The van der Waals surface area contributed by atoms with Crippen LogP contribution < -0.4 is 21.3 Å². The number of alkyl carbamates (subject to hydrolysis) is 2. The van der Waals surface area contributed by atoms with E-state index in [4.69, 9.17) is 9.47 Å². The Bertz CT molecular complexity index is 935. The van der Waals surface area contributed by atoms with E-state index in [0.717, 1.165) is 0 Å². The maximum atomic E-state index is 12.5. The first-order chi connectivity index (χ1) is 16.6. The van der Waals surface area contributed by atoms with Crippen molar-refractivity contribution in [3.05, 3.63) is 35.9 Å². The minimum absolute atomic E-state index is 0.225.